The zero-order chi connectivity index (χ0) is 34.0. The van der Waals surface area contributed by atoms with Crippen LogP contribution in [0.15, 0.2) is 35.5 Å². The van der Waals surface area contributed by atoms with E-state index < -0.39 is 12.0 Å². The fourth-order valence-corrected chi connectivity index (χ4v) is 6.30. The molecule has 1 aromatic rings. The van der Waals surface area contributed by atoms with Gasteiger partial charge in [0, 0.05) is 76.0 Å². The van der Waals surface area contributed by atoms with E-state index in [1.165, 1.54) is 0 Å². The number of aliphatic carboxylic acids is 1. The number of carboxylic acid groups (broad SMARTS) is 1. The summed E-state index contributed by atoms with van der Waals surface area (Å²) in [5.74, 6) is -0.618. The smallest absolute Gasteiger partial charge is 0.326 e. The van der Waals surface area contributed by atoms with E-state index in [0.29, 0.717) is 44.6 Å². The number of nitrogens with two attached hydrogens (primary N) is 1. The van der Waals surface area contributed by atoms with Crippen LogP contribution in [0.5, 0.6) is 0 Å². The largest absolute Gasteiger partial charge is 0.480 e. The van der Waals surface area contributed by atoms with Gasteiger partial charge in [0.2, 0.25) is 5.91 Å². The monoisotopic (exact) mass is 641 g/mol. The second kappa shape index (κ2) is 17.0. The number of carbonyl (C=O) groups excluding carboxylic acids is 3. The number of anilines is 1. The number of rotatable bonds is 10. The maximum atomic E-state index is 12.7. The molecule has 1 aliphatic carbocycles. The molecular weight excluding hydrogens is 586 g/mol. The Morgan fingerprint density at radius 1 is 0.957 bits per heavy atom. The summed E-state index contributed by atoms with van der Waals surface area (Å²) in [6.45, 7) is 18.0. The van der Waals surface area contributed by atoms with Crippen LogP contribution < -0.4 is 16.0 Å². The van der Waals surface area contributed by atoms with Crippen molar-refractivity contribution in [1.82, 2.24) is 15.1 Å². The number of Topliss-reactive ketones (excluding diaryl/α,β-unsaturated/α-hetero) is 2. The number of hydrogen-bond acceptors (Lipinski definition) is 9. The molecule has 3 fully saturated rings. The molecule has 256 valence electrons. The van der Waals surface area contributed by atoms with Crippen molar-refractivity contribution < 1.29 is 29.0 Å². The zero-order valence-electron chi connectivity index (χ0n) is 28.6. The first-order valence-corrected chi connectivity index (χ1v) is 16.6. The molecule has 0 aromatic heterocycles. The molecule has 4 rings (SSSR count). The molecule has 2 atom stereocenters. The first kappa shape index (κ1) is 37.2. The van der Waals surface area contributed by atoms with E-state index in [2.05, 4.69) is 29.0 Å². The van der Waals surface area contributed by atoms with Crippen molar-refractivity contribution in [1.29, 1.82) is 0 Å². The number of benzene rings is 1. The van der Waals surface area contributed by atoms with Crippen molar-refractivity contribution >= 4 is 29.1 Å². The normalized spacial score (nSPS) is 20.1. The van der Waals surface area contributed by atoms with Crippen LogP contribution in [0.3, 0.4) is 0 Å². The highest BCUT2D eigenvalue weighted by atomic mass is 16.5. The molecule has 4 N–H and O–H groups in total. The number of carboxylic acids is 1. The van der Waals surface area contributed by atoms with Crippen molar-refractivity contribution in [2.75, 3.05) is 63.9 Å². The van der Waals surface area contributed by atoms with Crippen molar-refractivity contribution in [2.24, 2.45) is 17.1 Å². The fourth-order valence-electron chi connectivity index (χ4n) is 6.30. The Balaban J connectivity index is 0.000000738. The van der Waals surface area contributed by atoms with Gasteiger partial charge in [0.15, 0.2) is 11.6 Å². The average Bonchev–Trinajstić information content (AvgIpc) is 2.96. The minimum atomic E-state index is -1.05. The molecule has 1 saturated carbocycles. The molecule has 1 aromatic carbocycles. The van der Waals surface area contributed by atoms with Gasteiger partial charge < -0.3 is 30.7 Å². The molecule has 2 aliphatic heterocycles. The molecule has 46 heavy (non-hydrogen) atoms. The SMILES string of the molecule is CC(C)CC(C)N.CC(N[C@@H](Cc1ccc(N2CCN(C(=O)CN3CCOCC3)CC2)cc1)C(=O)O)=C1C(=O)CC(C)(C)CC1=O. The van der Waals surface area contributed by atoms with Crippen molar-refractivity contribution in [3.8, 4) is 0 Å². The Bertz CT molecular complexity index is 1200. The minimum absolute atomic E-state index is 0.0958. The highest BCUT2D eigenvalue weighted by Gasteiger charge is 2.37. The van der Waals surface area contributed by atoms with Crippen LogP contribution in [0.1, 0.15) is 66.4 Å². The summed E-state index contributed by atoms with van der Waals surface area (Å²) in [7, 11) is 0. The van der Waals surface area contributed by atoms with Gasteiger partial charge in [-0.1, -0.05) is 39.8 Å². The topological polar surface area (TPSA) is 146 Å². The molecule has 2 heterocycles. The van der Waals surface area contributed by atoms with Crippen LogP contribution in [0.2, 0.25) is 0 Å². The summed E-state index contributed by atoms with van der Waals surface area (Å²) in [6.07, 6.45) is 1.88. The van der Waals surface area contributed by atoms with E-state index in [0.717, 1.165) is 49.8 Å². The predicted molar refractivity (Wildman–Crippen MR) is 180 cm³/mol. The quantitative estimate of drug-likeness (QED) is 0.258. The van der Waals surface area contributed by atoms with Gasteiger partial charge in [-0.15, -0.1) is 0 Å². The van der Waals surface area contributed by atoms with Gasteiger partial charge in [0.1, 0.15) is 6.04 Å². The summed E-state index contributed by atoms with van der Waals surface area (Å²) >= 11 is 0. The third kappa shape index (κ3) is 11.5. The second-order valence-corrected chi connectivity index (χ2v) is 14.1. The molecule has 0 bridgehead atoms. The minimum Gasteiger partial charge on any atom is -0.480 e. The summed E-state index contributed by atoms with van der Waals surface area (Å²) in [5.41, 5.74) is 7.39. The number of hydrogen-bond donors (Lipinski definition) is 3. The van der Waals surface area contributed by atoms with Gasteiger partial charge in [-0.25, -0.2) is 4.79 Å². The number of carbonyl (C=O) groups is 4. The highest BCUT2D eigenvalue weighted by Crippen LogP contribution is 2.34. The summed E-state index contributed by atoms with van der Waals surface area (Å²) in [4.78, 5) is 56.2. The van der Waals surface area contributed by atoms with Crippen LogP contribution in [0, 0.1) is 11.3 Å². The van der Waals surface area contributed by atoms with Crippen molar-refractivity contribution in [3.63, 3.8) is 0 Å². The lowest BCUT2D eigenvalue weighted by molar-refractivity contribution is -0.139. The van der Waals surface area contributed by atoms with Gasteiger partial charge in [0.25, 0.3) is 0 Å². The van der Waals surface area contributed by atoms with Gasteiger partial charge >= 0.3 is 5.97 Å². The van der Waals surface area contributed by atoms with Crippen molar-refractivity contribution in [2.45, 2.75) is 79.3 Å². The average molecular weight is 642 g/mol. The molecule has 11 nitrogen and oxygen atoms in total. The predicted octanol–water partition coefficient (Wildman–Crippen LogP) is 2.86. The Morgan fingerprint density at radius 3 is 2.00 bits per heavy atom. The van der Waals surface area contributed by atoms with Crippen LogP contribution in [-0.4, -0.2) is 109 Å². The number of morpholine rings is 1. The fraction of sp³-hybridized carbons (Fsp3) is 0.657. The molecular formula is C35H55N5O6. The Labute approximate surface area is 274 Å². The van der Waals surface area contributed by atoms with Gasteiger partial charge in [0.05, 0.1) is 25.3 Å². The molecule has 1 amide bonds. The Morgan fingerprint density at radius 2 is 1.52 bits per heavy atom. The first-order chi connectivity index (χ1) is 21.6. The number of nitrogens with zero attached hydrogens (tertiary/aromatic N) is 3. The van der Waals surface area contributed by atoms with E-state index in [9.17, 15) is 24.3 Å². The Hall–Kier alpha value is -3.28. The van der Waals surface area contributed by atoms with Gasteiger partial charge in [-0.05, 0) is 49.3 Å². The molecule has 0 radical (unpaired) electrons. The Kier molecular flexibility index (Phi) is 13.8. The number of allylic oxidation sites excluding steroid dienone is 2. The highest BCUT2D eigenvalue weighted by molar-refractivity contribution is 6.22. The lowest BCUT2D eigenvalue weighted by Gasteiger charge is -2.37. The number of nitrogens with one attached hydrogen (secondary N) is 1. The lowest BCUT2D eigenvalue weighted by atomic mass is 9.73. The molecule has 3 aliphatic rings. The number of amides is 1. The van der Waals surface area contributed by atoms with E-state index in [-0.39, 0.29) is 47.7 Å². The summed E-state index contributed by atoms with van der Waals surface area (Å²) < 4.78 is 5.35. The summed E-state index contributed by atoms with van der Waals surface area (Å²) in [5, 5.41) is 12.7. The molecule has 2 saturated heterocycles. The lowest BCUT2D eigenvalue weighted by Crippen LogP contribution is -2.52. The summed E-state index contributed by atoms with van der Waals surface area (Å²) in [6, 6.07) is 7.16. The molecule has 1 unspecified atom stereocenters. The molecule has 0 spiro atoms. The van der Waals surface area contributed by atoms with Crippen LogP contribution in [-0.2, 0) is 30.3 Å². The van der Waals surface area contributed by atoms with Crippen molar-refractivity contribution in [3.05, 3.63) is 41.1 Å². The molecule has 11 heteroatoms. The van der Waals surface area contributed by atoms with Crippen LogP contribution >= 0.6 is 0 Å². The van der Waals surface area contributed by atoms with E-state index >= 15 is 0 Å². The van der Waals surface area contributed by atoms with Crippen LogP contribution in [0.25, 0.3) is 0 Å². The maximum Gasteiger partial charge on any atom is 0.326 e. The van der Waals surface area contributed by atoms with E-state index in [4.69, 9.17) is 10.5 Å². The second-order valence-electron chi connectivity index (χ2n) is 14.1. The first-order valence-electron chi connectivity index (χ1n) is 16.6. The van der Waals surface area contributed by atoms with Gasteiger partial charge in [-0.2, -0.15) is 0 Å². The maximum absolute atomic E-state index is 12.7. The standard InChI is InChI=1S/C29H40N4O6.C6H15N/c1-20(27-24(34)17-29(2,3)18-25(27)35)30-23(28(37)38)16-21-4-6-22(7-5-21)32-8-10-33(11-9-32)26(36)19-31-12-14-39-15-13-31;1-5(2)4-6(3)7/h4-7,23,30H,8-19H2,1-3H3,(H,37,38);5-6H,4,7H2,1-3H3/t23-;/m0./s1. The third-order valence-electron chi connectivity index (χ3n) is 8.58. The van der Waals surface area contributed by atoms with Crippen LogP contribution in [0.4, 0.5) is 5.69 Å². The number of piperazine rings is 1. The van der Waals surface area contributed by atoms with E-state index in [1.807, 2.05) is 49.9 Å². The zero-order valence-corrected chi connectivity index (χ0v) is 28.6. The number of ether oxygens (including phenoxy) is 1. The number of ketones is 2. The third-order valence-corrected chi connectivity index (χ3v) is 8.58. The van der Waals surface area contributed by atoms with E-state index in [1.54, 1.807) is 6.92 Å². The van der Waals surface area contributed by atoms with Gasteiger partial charge in [-0.3, -0.25) is 19.3 Å².